The van der Waals surface area contributed by atoms with Crippen molar-refractivity contribution in [1.29, 1.82) is 0 Å². The van der Waals surface area contributed by atoms with Gasteiger partial charge in [0.2, 0.25) is 0 Å². The molecular formula is C12H19NO2. The quantitative estimate of drug-likeness (QED) is 0.698. The maximum atomic E-state index is 11.4. The van der Waals surface area contributed by atoms with E-state index >= 15 is 0 Å². The highest BCUT2D eigenvalue weighted by Crippen LogP contribution is 2.07. The van der Waals surface area contributed by atoms with Crippen molar-refractivity contribution in [3.8, 4) is 0 Å². The van der Waals surface area contributed by atoms with Gasteiger partial charge in [0.25, 0.3) is 0 Å². The van der Waals surface area contributed by atoms with Crippen LogP contribution in [-0.2, 0) is 11.3 Å². The van der Waals surface area contributed by atoms with E-state index in [4.69, 9.17) is 4.74 Å². The van der Waals surface area contributed by atoms with E-state index in [-0.39, 0.29) is 5.97 Å². The third kappa shape index (κ3) is 3.78. The number of aromatic nitrogens is 1. The standard InChI is InChI=1S/C12H19NO2/c1-4-15-12(14)11-6-8-13(9-11)7-5-10(2)3/h6,8-10H,4-5,7H2,1-3H3. The Kier molecular flexibility index (Phi) is 4.40. The average molecular weight is 209 g/mol. The molecule has 0 fully saturated rings. The lowest BCUT2D eigenvalue weighted by molar-refractivity contribution is 0.0526. The van der Waals surface area contributed by atoms with Gasteiger partial charge in [-0.1, -0.05) is 13.8 Å². The number of nitrogens with zero attached hydrogens (tertiary/aromatic N) is 1. The fourth-order valence-electron chi connectivity index (χ4n) is 1.32. The van der Waals surface area contributed by atoms with Crippen molar-refractivity contribution in [3.05, 3.63) is 24.0 Å². The van der Waals surface area contributed by atoms with Crippen LogP contribution in [0.2, 0.25) is 0 Å². The Morgan fingerprint density at radius 1 is 1.53 bits per heavy atom. The second kappa shape index (κ2) is 5.59. The van der Waals surface area contributed by atoms with Crippen LogP contribution >= 0.6 is 0 Å². The summed E-state index contributed by atoms with van der Waals surface area (Å²) in [6, 6.07) is 1.80. The lowest BCUT2D eigenvalue weighted by Crippen LogP contribution is -2.04. The van der Waals surface area contributed by atoms with Gasteiger partial charge in [0.05, 0.1) is 12.2 Å². The van der Waals surface area contributed by atoms with E-state index < -0.39 is 0 Å². The number of aryl methyl sites for hydroxylation is 1. The van der Waals surface area contributed by atoms with Gasteiger partial charge in [-0.2, -0.15) is 0 Å². The number of rotatable bonds is 5. The minimum atomic E-state index is -0.235. The zero-order chi connectivity index (χ0) is 11.3. The summed E-state index contributed by atoms with van der Waals surface area (Å²) in [7, 11) is 0. The molecule has 0 amide bonds. The minimum absolute atomic E-state index is 0.235. The Balaban J connectivity index is 2.52. The van der Waals surface area contributed by atoms with Crippen molar-refractivity contribution < 1.29 is 9.53 Å². The fourth-order valence-corrected chi connectivity index (χ4v) is 1.32. The van der Waals surface area contributed by atoms with Crippen LogP contribution in [0.15, 0.2) is 18.5 Å². The Morgan fingerprint density at radius 3 is 2.87 bits per heavy atom. The molecule has 0 saturated carbocycles. The van der Waals surface area contributed by atoms with Gasteiger partial charge in [-0.25, -0.2) is 4.79 Å². The van der Waals surface area contributed by atoms with Crippen molar-refractivity contribution in [3.63, 3.8) is 0 Å². The number of carbonyl (C=O) groups excluding carboxylic acids is 1. The monoisotopic (exact) mass is 209 g/mol. The third-order valence-corrected chi connectivity index (χ3v) is 2.23. The predicted octanol–water partition coefficient (Wildman–Crippen LogP) is 2.71. The van der Waals surface area contributed by atoms with E-state index in [2.05, 4.69) is 13.8 Å². The first-order valence-electron chi connectivity index (χ1n) is 5.46. The van der Waals surface area contributed by atoms with Gasteiger partial charge in [-0.15, -0.1) is 0 Å². The highest BCUT2D eigenvalue weighted by atomic mass is 16.5. The largest absolute Gasteiger partial charge is 0.462 e. The summed E-state index contributed by atoms with van der Waals surface area (Å²) in [6.45, 7) is 7.58. The van der Waals surface area contributed by atoms with Crippen LogP contribution in [-0.4, -0.2) is 17.1 Å². The molecule has 0 aliphatic heterocycles. The fraction of sp³-hybridized carbons (Fsp3) is 0.583. The molecule has 0 N–H and O–H groups in total. The molecule has 1 rings (SSSR count). The number of hydrogen-bond donors (Lipinski definition) is 0. The molecule has 84 valence electrons. The van der Waals surface area contributed by atoms with Gasteiger partial charge in [0, 0.05) is 18.9 Å². The smallest absolute Gasteiger partial charge is 0.339 e. The Hall–Kier alpha value is -1.25. The number of ether oxygens (including phenoxy) is 1. The molecule has 1 aromatic rings. The molecule has 0 atom stereocenters. The molecule has 0 spiro atoms. The Labute approximate surface area is 91.0 Å². The van der Waals surface area contributed by atoms with Crippen LogP contribution in [0.1, 0.15) is 37.6 Å². The van der Waals surface area contributed by atoms with E-state index in [0.717, 1.165) is 13.0 Å². The van der Waals surface area contributed by atoms with Crippen LogP contribution in [0, 0.1) is 5.92 Å². The molecule has 0 aliphatic carbocycles. The number of hydrogen-bond acceptors (Lipinski definition) is 2. The zero-order valence-electron chi connectivity index (χ0n) is 9.69. The second-order valence-corrected chi connectivity index (χ2v) is 4.04. The maximum Gasteiger partial charge on any atom is 0.339 e. The summed E-state index contributed by atoms with van der Waals surface area (Å²) in [5, 5.41) is 0. The van der Waals surface area contributed by atoms with Crippen molar-refractivity contribution in [2.24, 2.45) is 5.92 Å². The third-order valence-electron chi connectivity index (χ3n) is 2.23. The van der Waals surface area contributed by atoms with E-state index in [1.165, 1.54) is 0 Å². The van der Waals surface area contributed by atoms with Crippen LogP contribution in [0.5, 0.6) is 0 Å². The SMILES string of the molecule is CCOC(=O)c1ccn(CCC(C)C)c1. The first kappa shape index (κ1) is 11.8. The average Bonchev–Trinajstić information content (AvgIpc) is 2.63. The van der Waals surface area contributed by atoms with Crippen LogP contribution in [0.25, 0.3) is 0 Å². The minimum Gasteiger partial charge on any atom is -0.462 e. The van der Waals surface area contributed by atoms with Crippen LogP contribution in [0.4, 0.5) is 0 Å². The summed E-state index contributed by atoms with van der Waals surface area (Å²) in [4.78, 5) is 11.4. The molecule has 0 saturated heterocycles. The molecule has 0 radical (unpaired) electrons. The highest BCUT2D eigenvalue weighted by molar-refractivity contribution is 5.89. The van der Waals surface area contributed by atoms with Gasteiger partial charge in [-0.3, -0.25) is 0 Å². The summed E-state index contributed by atoms with van der Waals surface area (Å²) < 4.78 is 6.95. The van der Waals surface area contributed by atoms with Gasteiger partial charge < -0.3 is 9.30 Å². The van der Waals surface area contributed by atoms with Gasteiger partial charge in [-0.05, 0) is 25.3 Å². The van der Waals surface area contributed by atoms with Gasteiger partial charge in [0.1, 0.15) is 0 Å². The maximum absolute atomic E-state index is 11.4. The molecule has 3 nitrogen and oxygen atoms in total. The van der Waals surface area contributed by atoms with Crippen LogP contribution < -0.4 is 0 Å². The number of esters is 1. The molecule has 1 aromatic heterocycles. The zero-order valence-corrected chi connectivity index (χ0v) is 9.69. The van der Waals surface area contributed by atoms with E-state index in [1.54, 1.807) is 6.07 Å². The van der Waals surface area contributed by atoms with E-state index in [0.29, 0.717) is 18.1 Å². The van der Waals surface area contributed by atoms with Crippen LogP contribution in [0.3, 0.4) is 0 Å². The predicted molar refractivity (Wildman–Crippen MR) is 59.8 cm³/mol. The summed E-state index contributed by atoms with van der Waals surface area (Å²) >= 11 is 0. The van der Waals surface area contributed by atoms with Gasteiger partial charge in [0.15, 0.2) is 0 Å². The van der Waals surface area contributed by atoms with E-state index in [9.17, 15) is 4.79 Å². The Morgan fingerprint density at radius 2 is 2.27 bits per heavy atom. The molecule has 0 unspecified atom stereocenters. The molecule has 3 heteroatoms. The van der Waals surface area contributed by atoms with Crippen molar-refractivity contribution in [2.75, 3.05) is 6.61 Å². The molecule has 0 aromatic carbocycles. The topological polar surface area (TPSA) is 31.2 Å². The molecule has 0 aliphatic rings. The first-order valence-corrected chi connectivity index (χ1v) is 5.46. The summed E-state index contributed by atoms with van der Waals surface area (Å²) in [5.41, 5.74) is 0.639. The van der Waals surface area contributed by atoms with E-state index in [1.807, 2.05) is 23.9 Å². The lowest BCUT2D eigenvalue weighted by atomic mass is 10.1. The highest BCUT2D eigenvalue weighted by Gasteiger charge is 2.07. The molecule has 15 heavy (non-hydrogen) atoms. The summed E-state index contributed by atoms with van der Waals surface area (Å²) in [5.74, 6) is 0.444. The number of carbonyl (C=O) groups is 1. The molecular weight excluding hydrogens is 190 g/mol. The lowest BCUT2D eigenvalue weighted by Gasteiger charge is -2.05. The second-order valence-electron chi connectivity index (χ2n) is 4.04. The molecule has 0 bridgehead atoms. The molecule has 1 heterocycles. The van der Waals surface area contributed by atoms with Crippen molar-refractivity contribution >= 4 is 5.97 Å². The van der Waals surface area contributed by atoms with Crippen molar-refractivity contribution in [1.82, 2.24) is 4.57 Å². The van der Waals surface area contributed by atoms with Crippen molar-refractivity contribution in [2.45, 2.75) is 33.7 Å². The van der Waals surface area contributed by atoms with Gasteiger partial charge >= 0.3 is 5.97 Å². The Bertz CT molecular complexity index is 315. The normalized spacial score (nSPS) is 10.7. The first-order chi connectivity index (χ1) is 7.13. The summed E-state index contributed by atoms with van der Waals surface area (Å²) in [6.07, 6.45) is 4.89.